The van der Waals surface area contributed by atoms with Crippen LogP contribution in [0.1, 0.15) is 6.42 Å². The standard InChI is InChI=1S/C11H15ClN4O5S.C5H5N/c1-22(20,21)15-3-2-7(5-15)14-10-11(19)16(6-9(17)18)8(12)4-13-10;1-2-4-6-5-3-1/h4,7H,2-3,5-6H2,1H3,(H,13,14)(H,17,18);1-5H/t7-;/m0./s1. The van der Waals surface area contributed by atoms with E-state index in [-0.39, 0.29) is 23.6 Å². The van der Waals surface area contributed by atoms with Crippen LogP contribution in [0.25, 0.3) is 0 Å². The summed E-state index contributed by atoms with van der Waals surface area (Å²) in [5.41, 5.74) is -0.660. The van der Waals surface area contributed by atoms with E-state index in [2.05, 4.69) is 15.3 Å². The van der Waals surface area contributed by atoms with Gasteiger partial charge in [-0.1, -0.05) is 17.7 Å². The smallest absolute Gasteiger partial charge is 0.323 e. The van der Waals surface area contributed by atoms with Gasteiger partial charge in [-0.3, -0.25) is 19.1 Å². The summed E-state index contributed by atoms with van der Waals surface area (Å²) in [5, 5.41) is 11.6. The number of rotatable bonds is 5. The Hall–Kier alpha value is -2.50. The molecule has 1 aliphatic heterocycles. The molecular weight excluding hydrogens is 410 g/mol. The fourth-order valence-corrected chi connectivity index (χ4v) is 3.58. The maximum absolute atomic E-state index is 12.1. The van der Waals surface area contributed by atoms with Gasteiger partial charge in [-0.25, -0.2) is 17.7 Å². The van der Waals surface area contributed by atoms with Gasteiger partial charge in [0.1, 0.15) is 11.7 Å². The zero-order valence-electron chi connectivity index (χ0n) is 15.0. The topological polar surface area (TPSA) is 134 Å². The first-order valence-corrected chi connectivity index (χ1v) is 10.4. The van der Waals surface area contributed by atoms with Crippen LogP contribution >= 0.6 is 11.6 Å². The molecule has 12 heteroatoms. The van der Waals surface area contributed by atoms with Crippen LogP contribution in [-0.4, -0.2) is 63.7 Å². The summed E-state index contributed by atoms with van der Waals surface area (Å²) in [6.07, 6.45) is 6.32. The van der Waals surface area contributed by atoms with Gasteiger partial charge in [0.15, 0.2) is 5.82 Å². The Morgan fingerprint density at radius 2 is 2.04 bits per heavy atom. The lowest BCUT2D eigenvalue weighted by Gasteiger charge is -2.15. The SMILES string of the molecule is CS(=O)(=O)N1CC[C@H](Nc2ncc(Cl)n(CC(=O)O)c2=O)C1.c1ccncc1. The number of nitrogens with zero attached hydrogens (tertiary/aromatic N) is 4. The summed E-state index contributed by atoms with van der Waals surface area (Å²) >= 11 is 5.77. The molecule has 1 aliphatic rings. The van der Waals surface area contributed by atoms with Crippen molar-refractivity contribution in [1.29, 1.82) is 0 Å². The van der Waals surface area contributed by atoms with Crippen LogP contribution in [0.3, 0.4) is 0 Å². The van der Waals surface area contributed by atoms with Gasteiger partial charge >= 0.3 is 5.97 Å². The average Bonchev–Trinajstić information content (AvgIpc) is 3.12. The zero-order chi connectivity index (χ0) is 20.7. The Bertz CT molecular complexity index is 940. The quantitative estimate of drug-likeness (QED) is 0.701. The molecule has 0 saturated carbocycles. The predicted octanol–water partition coefficient (Wildman–Crippen LogP) is 0.509. The summed E-state index contributed by atoms with van der Waals surface area (Å²) in [4.78, 5) is 30.5. The largest absolute Gasteiger partial charge is 0.480 e. The third kappa shape index (κ3) is 6.29. The Balaban J connectivity index is 0.000000397. The molecule has 28 heavy (non-hydrogen) atoms. The highest BCUT2D eigenvalue weighted by atomic mass is 35.5. The Morgan fingerprint density at radius 3 is 2.50 bits per heavy atom. The van der Waals surface area contributed by atoms with Crippen LogP contribution in [0, 0.1) is 0 Å². The summed E-state index contributed by atoms with van der Waals surface area (Å²) in [5.74, 6) is -1.25. The first-order valence-electron chi connectivity index (χ1n) is 8.22. The van der Waals surface area contributed by atoms with Crippen LogP contribution < -0.4 is 10.9 Å². The maximum Gasteiger partial charge on any atom is 0.323 e. The van der Waals surface area contributed by atoms with Gasteiger partial charge in [-0.15, -0.1) is 0 Å². The molecule has 0 unspecified atom stereocenters. The number of hydrogen-bond acceptors (Lipinski definition) is 7. The number of pyridine rings is 1. The molecule has 0 amide bonds. The van der Waals surface area contributed by atoms with Crippen molar-refractivity contribution in [3.05, 3.63) is 52.3 Å². The first-order chi connectivity index (χ1) is 13.2. The van der Waals surface area contributed by atoms with E-state index >= 15 is 0 Å². The molecule has 1 saturated heterocycles. The summed E-state index contributed by atoms with van der Waals surface area (Å²) in [6.45, 7) is 0.00388. The first kappa shape index (κ1) is 21.8. The van der Waals surface area contributed by atoms with Gasteiger partial charge < -0.3 is 10.4 Å². The van der Waals surface area contributed by atoms with Gasteiger partial charge in [0.25, 0.3) is 5.56 Å². The summed E-state index contributed by atoms with van der Waals surface area (Å²) in [6, 6.07) is 5.45. The lowest BCUT2D eigenvalue weighted by molar-refractivity contribution is -0.137. The van der Waals surface area contributed by atoms with Crippen molar-refractivity contribution >= 4 is 33.4 Å². The second kappa shape index (κ2) is 9.62. The number of carboxylic acid groups (broad SMARTS) is 1. The van der Waals surface area contributed by atoms with Gasteiger partial charge in [-0.05, 0) is 18.6 Å². The van der Waals surface area contributed by atoms with Crippen molar-refractivity contribution in [2.75, 3.05) is 24.7 Å². The van der Waals surface area contributed by atoms with Crippen molar-refractivity contribution in [3.63, 3.8) is 0 Å². The van der Waals surface area contributed by atoms with Crippen molar-refractivity contribution in [2.45, 2.75) is 19.0 Å². The molecule has 0 radical (unpaired) electrons. The molecule has 2 aromatic rings. The van der Waals surface area contributed by atoms with Crippen LogP contribution in [-0.2, 0) is 21.4 Å². The molecule has 152 valence electrons. The minimum Gasteiger partial charge on any atom is -0.480 e. The van der Waals surface area contributed by atoms with E-state index in [1.807, 2.05) is 18.2 Å². The summed E-state index contributed by atoms with van der Waals surface area (Å²) < 4.78 is 25.1. The van der Waals surface area contributed by atoms with Crippen LogP contribution in [0.5, 0.6) is 0 Å². The minimum absolute atomic E-state index is 0.0500. The molecule has 2 N–H and O–H groups in total. The fourth-order valence-electron chi connectivity index (χ4n) is 2.50. The van der Waals surface area contributed by atoms with E-state index in [9.17, 15) is 18.0 Å². The van der Waals surface area contributed by atoms with Gasteiger partial charge in [0.2, 0.25) is 10.0 Å². The molecule has 0 aromatic carbocycles. The fraction of sp³-hybridized carbons (Fsp3) is 0.375. The average molecular weight is 430 g/mol. The number of aliphatic carboxylic acids is 1. The molecule has 0 bridgehead atoms. The number of halogens is 1. The normalized spacial score (nSPS) is 16.9. The molecular formula is C16H20ClN5O5S. The molecule has 0 spiro atoms. The number of aromatic nitrogens is 3. The maximum atomic E-state index is 12.1. The summed E-state index contributed by atoms with van der Waals surface area (Å²) in [7, 11) is -3.28. The monoisotopic (exact) mass is 429 g/mol. The van der Waals surface area contributed by atoms with E-state index in [0.29, 0.717) is 13.0 Å². The molecule has 1 atom stereocenters. The Labute approximate surface area is 166 Å². The highest BCUT2D eigenvalue weighted by Crippen LogP contribution is 2.16. The molecule has 3 rings (SSSR count). The third-order valence-corrected chi connectivity index (χ3v) is 5.40. The number of anilines is 1. The lowest BCUT2D eigenvalue weighted by Crippen LogP contribution is -2.34. The number of nitrogens with one attached hydrogen (secondary N) is 1. The second-order valence-corrected chi connectivity index (χ2v) is 8.36. The third-order valence-electron chi connectivity index (χ3n) is 3.83. The van der Waals surface area contributed by atoms with Gasteiger partial charge in [0.05, 0.1) is 12.5 Å². The van der Waals surface area contributed by atoms with Crippen LogP contribution in [0.15, 0.2) is 41.6 Å². The molecule has 1 fully saturated rings. The lowest BCUT2D eigenvalue weighted by atomic mass is 10.2. The van der Waals surface area contributed by atoms with Crippen LogP contribution in [0.2, 0.25) is 5.15 Å². The van der Waals surface area contributed by atoms with Crippen molar-refractivity contribution in [3.8, 4) is 0 Å². The van der Waals surface area contributed by atoms with Crippen molar-refractivity contribution in [2.24, 2.45) is 0 Å². The highest BCUT2D eigenvalue weighted by Gasteiger charge is 2.29. The van der Waals surface area contributed by atoms with E-state index in [4.69, 9.17) is 16.7 Å². The van der Waals surface area contributed by atoms with Gasteiger partial charge in [-0.2, -0.15) is 0 Å². The Kier molecular flexibility index (Phi) is 7.49. The Morgan fingerprint density at radius 1 is 1.36 bits per heavy atom. The van der Waals surface area contributed by atoms with E-state index in [1.54, 1.807) is 12.4 Å². The number of carbonyl (C=O) groups is 1. The molecule has 2 aromatic heterocycles. The van der Waals surface area contributed by atoms with Crippen LogP contribution in [0.4, 0.5) is 5.82 Å². The van der Waals surface area contributed by atoms with Crippen molar-refractivity contribution in [1.82, 2.24) is 18.8 Å². The van der Waals surface area contributed by atoms with Crippen molar-refractivity contribution < 1.29 is 18.3 Å². The molecule has 10 nitrogen and oxygen atoms in total. The molecule has 3 heterocycles. The number of sulfonamides is 1. The number of carboxylic acids is 1. The second-order valence-electron chi connectivity index (χ2n) is 5.99. The molecule has 0 aliphatic carbocycles. The predicted molar refractivity (Wildman–Crippen MR) is 104 cm³/mol. The van der Waals surface area contributed by atoms with E-state index in [1.165, 1.54) is 10.5 Å². The van der Waals surface area contributed by atoms with Gasteiger partial charge in [0, 0.05) is 31.5 Å². The minimum atomic E-state index is -3.28. The van der Waals surface area contributed by atoms with E-state index in [0.717, 1.165) is 10.8 Å². The van der Waals surface area contributed by atoms with E-state index < -0.39 is 28.1 Å². The zero-order valence-corrected chi connectivity index (χ0v) is 16.6. The number of hydrogen-bond donors (Lipinski definition) is 2. The highest BCUT2D eigenvalue weighted by molar-refractivity contribution is 7.88.